The molecule has 0 spiro atoms. The molecule has 0 radical (unpaired) electrons. The van der Waals surface area contributed by atoms with Crippen LogP contribution < -0.4 is 0 Å². The summed E-state index contributed by atoms with van der Waals surface area (Å²) in [5.41, 5.74) is 1.23. The lowest BCUT2D eigenvalue weighted by Crippen LogP contribution is -2.33. The van der Waals surface area contributed by atoms with Gasteiger partial charge in [-0.25, -0.2) is 4.98 Å². The molecular weight excluding hydrogens is 372 g/mol. The average molecular weight is 397 g/mol. The molecule has 0 N–H and O–H groups in total. The second-order valence-electron chi connectivity index (χ2n) is 7.11. The fourth-order valence-corrected chi connectivity index (χ4v) is 4.08. The lowest BCUT2D eigenvalue weighted by molar-refractivity contribution is -0.145. The lowest BCUT2D eigenvalue weighted by atomic mass is 9.72. The molecule has 2 heterocycles. The van der Waals surface area contributed by atoms with Crippen molar-refractivity contribution in [3.63, 3.8) is 0 Å². The molecule has 2 aromatic carbocycles. The van der Waals surface area contributed by atoms with E-state index in [1.807, 2.05) is 73.1 Å². The Bertz CT molecular complexity index is 869. The summed E-state index contributed by atoms with van der Waals surface area (Å²) in [6.45, 7) is 2.78. The highest BCUT2D eigenvalue weighted by atomic mass is 35.5. The van der Waals surface area contributed by atoms with Gasteiger partial charge in [0.1, 0.15) is 17.3 Å². The van der Waals surface area contributed by atoms with E-state index in [0.29, 0.717) is 13.0 Å². The maximum Gasteiger partial charge on any atom is 0.321 e. The number of carbonyl (C=O) groups excluding carboxylic acids is 1. The Morgan fingerprint density at radius 1 is 1.07 bits per heavy atom. The quantitative estimate of drug-likeness (QED) is 0.574. The molecule has 5 heteroatoms. The summed E-state index contributed by atoms with van der Waals surface area (Å²) in [6, 6.07) is 20.0. The Hall–Kier alpha value is -2.59. The van der Waals surface area contributed by atoms with Crippen molar-refractivity contribution < 1.29 is 9.53 Å². The van der Waals surface area contributed by atoms with Crippen LogP contribution in [-0.4, -0.2) is 21.6 Å². The first-order valence-electron chi connectivity index (χ1n) is 9.56. The van der Waals surface area contributed by atoms with Crippen molar-refractivity contribution in [2.24, 2.45) is 0 Å². The van der Waals surface area contributed by atoms with Gasteiger partial charge in [0, 0.05) is 25.2 Å². The number of aryl methyl sites for hydroxylation is 1. The summed E-state index contributed by atoms with van der Waals surface area (Å²) < 4.78 is 8.02. The Morgan fingerprint density at radius 2 is 1.68 bits per heavy atom. The van der Waals surface area contributed by atoms with Crippen molar-refractivity contribution in [1.82, 2.24) is 9.55 Å². The number of hydrogen-bond donors (Lipinski definition) is 0. The number of aromatic nitrogens is 2. The smallest absolute Gasteiger partial charge is 0.321 e. The van der Waals surface area contributed by atoms with E-state index in [1.54, 1.807) is 0 Å². The van der Waals surface area contributed by atoms with Crippen molar-refractivity contribution in [2.75, 3.05) is 0 Å². The van der Waals surface area contributed by atoms with Crippen molar-refractivity contribution in [3.8, 4) is 0 Å². The Labute approximate surface area is 172 Å². The van der Waals surface area contributed by atoms with Gasteiger partial charge in [-0.3, -0.25) is 4.79 Å². The van der Waals surface area contributed by atoms with Crippen molar-refractivity contribution in [2.45, 2.75) is 44.2 Å². The van der Waals surface area contributed by atoms with Gasteiger partial charge in [0.25, 0.3) is 0 Å². The van der Waals surface area contributed by atoms with E-state index >= 15 is 0 Å². The normalized spacial score (nSPS) is 17.8. The van der Waals surface area contributed by atoms with Crippen LogP contribution in [0.5, 0.6) is 0 Å². The average Bonchev–Trinajstić information content (AvgIpc) is 3.28. The molecule has 1 unspecified atom stereocenters. The minimum Gasteiger partial charge on any atom is -0.459 e. The summed E-state index contributed by atoms with van der Waals surface area (Å²) in [5.74, 6) is 0.882. The van der Waals surface area contributed by atoms with Crippen LogP contribution in [0.3, 0.4) is 0 Å². The number of cyclic esters (lactones) is 1. The van der Waals surface area contributed by atoms with Crippen molar-refractivity contribution in [1.29, 1.82) is 0 Å². The zero-order chi connectivity index (χ0) is 18.7. The predicted molar refractivity (Wildman–Crippen MR) is 112 cm³/mol. The minimum absolute atomic E-state index is 0. The minimum atomic E-state index is -0.751. The molecule has 1 atom stereocenters. The van der Waals surface area contributed by atoms with Crippen molar-refractivity contribution in [3.05, 3.63) is 90.0 Å². The van der Waals surface area contributed by atoms with Gasteiger partial charge in [-0.2, -0.15) is 0 Å². The van der Waals surface area contributed by atoms with Crippen LogP contribution in [0.4, 0.5) is 0 Å². The van der Waals surface area contributed by atoms with Gasteiger partial charge in [-0.05, 0) is 17.5 Å². The van der Waals surface area contributed by atoms with Gasteiger partial charge >= 0.3 is 5.97 Å². The zero-order valence-electron chi connectivity index (χ0n) is 16.0. The second-order valence-corrected chi connectivity index (χ2v) is 7.11. The van der Waals surface area contributed by atoms with E-state index in [4.69, 9.17) is 4.74 Å². The van der Waals surface area contributed by atoms with Gasteiger partial charge in [0.15, 0.2) is 0 Å². The van der Waals surface area contributed by atoms with Crippen LogP contribution in [0.1, 0.15) is 36.7 Å². The van der Waals surface area contributed by atoms with Gasteiger partial charge in [0.2, 0.25) is 0 Å². The number of benzene rings is 2. The van der Waals surface area contributed by atoms with Gasteiger partial charge in [-0.1, -0.05) is 67.6 Å². The Balaban J connectivity index is 0.00000225. The molecule has 0 bridgehead atoms. The first kappa shape index (κ1) is 20.2. The Kier molecular flexibility index (Phi) is 6.20. The number of imidazole rings is 1. The molecular formula is C23H25ClN2O2. The summed E-state index contributed by atoms with van der Waals surface area (Å²) >= 11 is 0. The molecule has 0 saturated carbocycles. The van der Waals surface area contributed by atoms with E-state index in [9.17, 15) is 4.79 Å². The monoisotopic (exact) mass is 396 g/mol. The summed E-state index contributed by atoms with van der Waals surface area (Å²) in [7, 11) is 0. The number of halogens is 1. The fourth-order valence-electron chi connectivity index (χ4n) is 4.08. The van der Waals surface area contributed by atoms with Crippen LogP contribution in [0.15, 0.2) is 73.1 Å². The topological polar surface area (TPSA) is 44.1 Å². The number of rotatable bonds is 6. The number of carbonyl (C=O) groups is 1. The first-order valence-corrected chi connectivity index (χ1v) is 9.56. The molecule has 28 heavy (non-hydrogen) atoms. The summed E-state index contributed by atoms with van der Waals surface area (Å²) in [5, 5.41) is 0. The third kappa shape index (κ3) is 3.57. The van der Waals surface area contributed by atoms with Crippen LogP contribution >= 0.6 is 12.4 Å². The van der Waals surface area contributed by atoms with E-state index in [-0.39, 0.29) is 24.5 Å². The molecule has 1 aromatic heterocycles. The molecule has 146 valence electrons. The van der Waals surface area contributed by atoms with Gasteiger partial charge < -0.3 is 9.30 Å². The maximum atomic E-state index is 13.2. The molecule has 1 fully saturated rings. The molecule has 0 aliphatic carbocycles. The number of nitrogens with zero attached hydrogens (tertiary/aromatic N) is 2. The number of esters is 1. The number of ether oxygens (including phenoxy) is 1. The third-order valence-electron chi connectivity index (χ3n) is 5.36. The van der Waals surface area contributed by atoms with E-state index in [1.165, 1.54) is 0 Å². The lowest BCUT2D eigenvalue weighted by Gasteiger charge is -2.26. The van der Waals surface area contributed by atoms with Gasteiger partial charge in [-0.15, -0.1) is 12.4 Å². The molecule has 4 nitrogen and oxygen atoms in total. The third-order valence-corrected chi connectivity index (χ3v) is 5.36. The SMILES string of the molecule is CCCc1nccn1CC1CC(c2ccccc2)(c2ccccc2)C(=O)O1.Cl. The Morgan fingerprint density at radius 3 is 2.25 bits per heavy atom. The molecule has 1 aliphatic heterocycles. The zero-order valence-corrected chi connectivity index (χ0v) is 16.8. The fraction of sp³-hybridized carbons (Fsp3) is 0.304. The second kappa shape index (κ2) is 8.61. The molecule has 4 rings (SSSR count). The summed E-state index contributed by atoms with van der Waals surface area (Å²) in [6.07, 6.45) is 6.22. The standard InChI is InChI=1S/C23H24N2O2.ClH/c1-2-9-21-24-14-15-25(21)17-20-16-23(22(26)27-20,18-10-5-3-6-11-18)19-12-7-4-8-13-19;/h3-8,10-15,20H,2,9,16-17H2,1H3;1H. The van der Waals surface area contributed by atoms with Crippen LogP contribution in [0.2, 0.25) is 0 Å². The van der Waals surface area contributed by atoms with Crippen LogP contribution in [-0.2, 0) is 27.9 Å². The highest BCUT2D eigenvalue weighted by Gasteiger charge is 2.51. The molecule has 1 saturated heterocycles. The highest BCUT2D eigenvalue weighted by molar-refractivity contribution is 5.89. The predicted octanol–water partition coefficient (Wildman–Crippen LogP) is 4.56. The maximum absolute atomic E-state index is 13.2. The van der Waals surface area contributed by atoms with Gasteiger partial charge in [0.05, 0.1) is 6.54 Å². The first-order chi connectivity index (χ1) is 13.2. The van der Waals surface area contributed by atoms with E-state index < -0.39 is 5.41 Å². The van der Waals surface area contributed by atoms with Crippen molar-refractivity contribution >= 4 is 18.4 Å². The van der Waals surface area contributed by atoms with Crippen LogP contribution in [0, 0.1) is 0 Å². The largest absolute Gasteiger partial charge is 0.459 e. The highest BCUT2D eigenvalue weighted by Crippen LogP contribution is 2.43. The van der Waals surface area contributed by atoms with E-state index in [2.05, 4.69) is 16.5 Å². The van der Waals surface area contributed by atoms with Crippen LogP contribution in [0.25, 0.3) is 0 Å². The molecule has 1 aliphatic rings. The van der Waals surface area contributed by atoms with E-state index in [0.717, 1.165) is 29.8 Å². The molecule has 0 amide bonds. The molecule has 3 aromatic rings. The number of hydrogen-bond acceptors (Lipinski definition) is 3. The summed E-state index contributed by atoms with van der Waals surface area (Å²) in [4.78, 5) is 17.6.